The van der Waals surface area contributed by atoms with Crippen LogP contribution in [0.25, 0.3) is 0 Å². The minimum atomic E-state index is -0.405. The normalized spacial score (nSPS) is 10.3. The van der Waals surface area contributed by atoms with E-state index < -0.39 is 5.82 Å². The van der Waals surface area contributed by atoms with E-state index >= 15 is 0 Å². The predicted molar refractivity (Wildman–Crippen MR) is 76.6 cm³/mol. The monoisotopic (exact) mass is 272 g/mol. The third-order valence-electron chi connectivity index (χ3n) is 3.08. The van der Waals surface area contributed by atoms with Gasteiger partial charge in [0.1, 0.15) is 5.82 Å². The fourth-order valence-corrected chi connectivity index (χ4v) is 2.07. The van der Waals surface area contributed by atoms with Gasteiger partial charge < -0.3 is 11.1 Å². The number of carbonyl (C=O) groups is 1. The summed E-state index contributed by atoms with van der Waals surface area (Å²) in [4.78, 5) is 12.0. The van der Waals surface area contributed by atoms with Gasteiger partial charge >= 0.3 is 0 Å². The van der Waals surface area contributed by atoms with Crippen molar-refractivity contribution in [3.8, 4) is 0 Å². The maximum absolute atomic E-state index is 13.3. The van der Waals surface area contributed by atoms with Crippen molar-refractivity contribution in [2.75, 3.05) is 0 Å². The fourth-order valence-electron chi connectivity index (χ4n) is 2.07. The Morgan fingerprint density at radius 1 is 1.20 bits per heavy atom. The quantitative estimate of drug-likeness (QED) is 0.898. The number of rotatable bonds is 4. The van der Waals surface area contributed by atoms with Gasteiger partial charge in [0.05, 0.1) is 0 Å². The Bertz CT molecular complexity index is 605. The molecule has 0 unspecified atom stereocenters. The smallest absolute Gasteiger partial charge is 0.251 e. The molecule has 0 spiro atoms. The molecule has 0 heterocycles. The van der Waals surface area contributed by atoms with Gasteiger partial charge in [-0.2, -0.15) is 0 Å². The van der Waals surface area contributed by atoms with E-state index in [-0.39, 0.29) is 5.91 Å². The lowest BCUT2D eigenvalue weighted by atomic mass is 10.1. The highest BCUT2D eigenvalue weighted by atomic mass is 19.1. The summed E-state index contributed by atoms with van der Waals surface area (Å²) >= 11 is 0. The van der Waals surface area contributed by atoms with E-state index in [0.29, 0.717) is 18.7 Å². The molecule has 0 aliphatic heterocycles. The summed E-state index contributed by atoms with van der Waals surface area (Å²) in [6, 6.07) is 11.9. The Balaban J connectivity index is 2.08. The second-order valence-electron chi connectivity index (χ2n) is 4.67. The summed E-state index contributed by atoms with van der Waals surface area (Å²) < 4.78 is 13.3. The van der Waals surface area contributed by atoms with E-state index in [4.69, 9.17) is 5.73 Å². The van der Waals surface area contributed by atoms with Crippen molar-refractivity contribution >= 4 is 5.91 Å². The zero-order chi connectivity index (χ0) is 14.5. The Morgan fingerprint density at radius 3 is 2.55 bits per heavy atom. The third kappa shape index (κ3) is 3.42. The molecule has 0 fully saturated rings. The van der Waals surface area contributed by atoms with Gasteiger partial charge in [-0.3, -0.25) is 4.79 Å². The lowest BCUT2D eigenvalue weighted by Gasteiger charge is -2.09. The first kappa shape index (κ1) is 14.2. The summed E-state index contributed by atoms with van der Waals surface area (Å²) in [6.07, 6.45) is 0. The van der Waals surface area contributed by atoms with Crippen LogP contribution in [0.4, 0.5) is 4.39 Å². The summed E-state index contributed by atoms with van der Waals surface area (Å²) in [6.45, 7) is 2.55. The first-order valence-electron chi connectivity index (χ1n) is 6.42. The van der Waals surface area contributed by atoms with E-state index in [1.54, 1.807) is 13.0 Å². The zero-order valence-electron chi connectivity index (χ0n) is 11.3. The van der Waals surface area contributed by atoms with Gasteiger partial charge in [-0.25, -0.2) is 4.39 Å². The SMILES string of the molecule is Cc1cc(F)cc(C(=O)NCc2ccccc2CN)c1. The van der Waals surface area contributed by atoms with Crippen LogP contribution in [-0.4, -0.2) is 5.91 Å². The molecule has 4 heteroatoms. The van der Waals surface area contributed by atoms with Crippen molar-refractivity contribution < 1.29 is 9.18 Å². The minimum absolute atomic E-state index is 0.292. The average molecular weight is 272 g/mol. The van der Waals surface area contributed by atoms with Crippen LogP contribution in [0.3, 0.4) is 0 Å². The van der Waals surface area contributed by atoms with E-state index in [1.807, 2.05) is 24.3 Å². The highest BCUT2D eigenvalue weighted by molar-refractivity contribution is 5.94. The van der Waals surface area contributed by atoms with E-state index in [9.17, 15) is 9.18 Å². The Hall–Kier alpha value is -2.20. The second kappa shape index (κ2) is 6.30. The maximum Gasteiger partial charge on any atom is 0.251 e. The van der Waals surface area contributed by atoms with Crippen LogP contribution in [0.5, 0.6) is 0 Å². The number of benzene rings is 2. The van der Waals surface area contributed by atoms with Gasteiger partial charge in [-0.15, -0.1) is 0 Å². The van der Waals surface area contributed by atoms with Crippen LogP contribution in [0.1, 0.15) is 27.0 Å². The summed E-state index contributed by atoms with van der Waals surface area (Å²) in [5, 5.41) is 2.78. The molecular formula is C16H17FN2O. The van der Waals surface area contributed by atoms with Crippen LogP contribution in [0, 0.1) is 12.7 Å². The summed E-state index contributed by atoms with van der Waals surface area (Å²) in [7, 11) is 0. The van der Waals surface area contributed by atoms with Crippen LogP contribution >= 0.6 is 0 Å². The number of hydrogen-bond donors (Lipinski definition) is 2. The average Bonchev–Trinajstić information content (AvgIpc) is 2.44. The number of nitrogens with one attached hydrogen (secondary N) is 1. The van der Waals surface area contributed by atoms with Gasteiger partial charge in [-0.05, 0) is 41.8 Å². The van der Waals surface area contributed by atoms with Gasteiger partial charge in [-0.1, -0.05) is 24.3 Å². The first-order chi connectivity index (χ1) is 9.60. The summed E-state index contributed by atoms with van der Waals surface area (Å²) in [5.41, 5.74) is 8.65. The van der Waals surface area contributed by atoms with Crippen molar-refractivity contribution in [3.05, 3.63) is 70.5 Å². The molecule has 0 saturated carbocycles. The largest absolute Gasteiger partial charge is 0.348 e. The molecule has 20 heavy (non-hydrogen) atoms. The zero-order valence-corrected chi connectivity index (χ0v) is 11.3. The van der Waals surface area contributed by atoms with Crippen LogP contribution in [0.2, 0.25) is 0 Å². The molecule has 0 saturated heterocycles. The molecule has 3 nitrogen and oxygen atoms in total. The molecule has 2 rings (SSSR count). The topological polar surface area (TPSA) is 55.1 Å². The third-order valence-corrected chi connectivity index (χ3v) is 3.08. The molecule has 0 aliphatic carbocycles. The van der Waals surface area contributed by atoms with Crippen molar-refractivity contribution in [2.24, 2.45) is 5.73 Å². The Morgan fingerprint density at radius 2 is 1.90 bits per heavy atom. The standard InChI is InChI=1S/C16H17FN2O/c1-11-6-14(8-15(17)7-11)16(20)19-10-13-5-3-2-4-12(13)9-18/h2-8H,9-10,18H2,1H3,(H,19,20). The highest BCUT2D eigenvalue weighted by Gasteiger charge is 2.08. The second-order valence-corrected chi connectivity index (χ2v) is 4.67. The number of hydrogen-bond acceptors (Lipinski definition) is 2. The molecule has 0 aliphatic rings. The van der Waals surface area contributed by atoms with Gasteiger partial charge in [0.15, 0.2) is 0 Å². The first-order valence-corrected chi connectivity index (χ1v) is 6.42. The molecule has 1 amide bonds. The van der Waals surface area contributed by atoms with Crippen molar-refractivity contribution in [2.45, 2.75) is 20.0 Å². The molecular weight excluding hydrogens is 255 g/mol. The number of nitrogens with two attached hydrogens (primary N) is 1. The van der Waals surface area contributed by atoms with Crippen LogP contribution < -0.4 is 11.1 Å². The van der Waals surface area contributed by atoms with Crippen molar-refractivity contribution in [3.63, 3.8) is 0 Å². The van der Waals surface area contributed by atoms with Gasteiger partial charge in [0, 0.05) is 18.7 Å². The maximum atomic E-state index is 13.3. The van der Waals surface area contributed by atoms with Gasteiger partial charge in [0.2, 0.25) is 0 Å². The molecule has 0 bridgehead atoms. The number of aryl methyl sites for hydroxylation is 1. The highest BCUT2D eigenvalue weighted by Crippen LogP contribution is 2.10. The molecule has 0 radical (unpaired) electrons. The molecule has 3 N–H and O–H groups in total. The van der Waals surface area contributed by atoms with Gasteiger partial charge in [0.25, 0.3) is 5.91 Å². The van der Waals surface area contributed by atoms with Crippen molar-refractivity contribution in [1.29, 1.82) is 0 Å². The van der Waals surface area contributed by atoms with Crippen LogP contribution in [0.15, 0.2) is 42.5 Å². The predicted octanol–water partition coefficient (Wildman–Crippen LogP) is 2.52. The molecule has 104 valence electrons. The lowest BCUT2D eigenvalue weighted by molar-refractivity contribution is 0.0950. The van der Waals surface area contributed by atoms with Crippen LogP contribution in [-0.2, 0) is 13.1 Å². The number of carbonyl (C=O) groups excluding carboxylic acids is 1. The van der Waals surface area contributed by atoms with Crippen molar-refractivity contribution in [1.82, 2.24) is 5.32 Å². The molecule has 2 aromatic rings. The Kier molecular flexibility index (Phi) is 4.48. The van der Waals surface area contributed by atoms with E-state index in [2.05, 4.69) is 5.32 Å². The lowest BCUT2D eigenvalue weighted by Crippen LogP contribution is -2.24. The molecule has 2 aromatic carbocycles. The summed E-state index contributed by atoms with van der Waals surface area (Å²) in [5.74, 6) is -0.697. The number of amides is 1. The number of halogens is 1. The molecule has 0 atom stereocenters. The Labute approximate surface area is 117 Å². The van der Waals surface area contributed by atoms with E-state index in [0.717, 1.165) is 16.7 Å². The molecule has 0 aromatic heterocycles. The minimum Gasteiger partial charge on any atom is -0.348 e. The fraction of sp³-hybridized carbons (Fsp3) is 0.188. The van der Waals surface area contributed by atoms with E-state index in [1.165, 1.54) is 12.1 Å².